The van der Waals surface area contributed by atoms with Crippen LogP contribution in [0.3, 0.4) is 0 Å². The average molecular weight is 537 g/mol. The van der Waals surface area contributed by atoms with Gasteiger partial charge in [0.25, 0.3) is 5.91 Å². The number of fused-ring (bicyclic) bond motifs is 2. The summed E-state index contributed by atoms with van der Waals surface area (Å²) in [6.45, 7) is 3.81. The SMILES string of the molecule is Cc1ccc(S(=O)(=O)c2c(NC(=O)c3ccco3)n([C@@H](C)c3ccccc3)c3nc4ccccc4nc23)cc1. The molecule has 0 radical (unpaired) electrons. The lowest BCUT2D eigenvalue weighted by atomic mass is 10.1. The Morgan fingerprint density at radius 2 is 1.54 bits per heavy atom. The maximum atomic E-state index is 14.3. The predicted octanol–water partition coefficient (Wildman–Crippen LogP) is 6.18. The minimum atomic E-state index is -4.16. The van der Waals surface area contributed by atoms with E-state index in [1.165, 1.54) is 12.3 Å². The van der Waals surface area contributed by atoms with Crippen LogP contribution in [0, 0.1) is 6.92 Å². The lowest BCUT2D eigenvalue weighted by Gasteiger charge is -2.19. The van der Waals surface area contributed by atoms with Crippen molar-refractivity contribution in [3.8, 4) is 0 Å². The Labute approximate surface area is 224 Å². The molecule has 9 heteroatoms. The summed E-state index contributed by atoms with van der Waals surface area (Å²) in [4.78, 5) is 22.9. The number of nitrogens with one attached hydrogen (secondary N) is 1. The Hall–Kier alpha value is -4.76. The van der Waals surface area contributed by atoms with Crippen molar-refractivity contribution >= 4 is 43.8 Å². The highest BCUT2D eigenvalue weighted by Crippen LogP contribution is 2.40. The maximum Gasteiger partial charge on any atom is 0.292 e. The normalized spacial score (nSPS) is 12.6. The number of sulfone groups is 1. The lowest BCUT2D eigenvalue weighted by Crippen LogP contribution is -2.19. The van der Waals surface area contributed by atoms with E-state index in [9.17, 15) is 13.2 Å². The number of para-hydroxylation sites is 2. The van der Waals surface area contributed by atoms with Gasteiger partial charge in [0.2, 0.25) is 9.84 Å². The number of hydrogen-bond donors (Lipinski definition) is 1. The molecule has 194 valence electrons. The molecular weight excluding hydrogens is 512 g/mol. The second kappa shape index (κ2) is 9.52. The number of amides is 1. The van der Waals surface area contributed by atoms with Crippen molar-refractivity contribution in [1.82, 2.24) is 14.5 Å². The molecule has 6 aromatic rings. The zero-order valence-corrected chi connectivity index (χ0v) is 22.0. The largest absolute Gasteiger partial charge is 0.459 e. The van der Waals surface area contributed by atoms with Crippen LogP contribution in [0.15, 0.2) is 111 Å². The highest BCUT2D eigenvalue weighted by molar-refractivity contribution is 7.92. The standard InChI is InChI=1S/C30H24N4O4S/c1-19-14-16-22(17-15-19)39(36,37)27-26-28(32-24-12-7-6-11-23(24)31-26)34(20(2)21-9-4-3-5-10-21)29(27)33-30(35)25-13-8-18-38-25/h3-18,20H,1-2H3,(H,33,35)/t20-/m0/s1. The third-order valence-electron chi connectivity index (χ3n) is 6.70. The molecule has 0 spiro atoms. The summed E-state index contributed by atoms with van der Waals surface area (Å²) in [6.07, 6.45) is 1.39. The Balaban J connectivity index is 1.71. The first kappa shape index (κ1) is 24.6. The summed E-state index contributed by atoms with van der Waals surface area (Å²) in [7, 11) is -4.16. The van der Waals surface area contributed by atoms with Crippen LogP contribution in [-0.2, 0) is 9.84 Å². The zero-order chi connectivity index (χ0) is 27.1. The summed E-state index contributed by atoms with van der Waals surface area (Å²) in [5.74, 6) is -0.475. The van der Waals surface area contributed by atoms with Gasteiger partial charge in [-0.2, -0.15) is 0 Å². The Morgan fingerprint density at radius 3 is 2.21 bits per heavy atom. The second-order valence-electron chi connectivity index (χ2n) is 9.27. The molecule has 1 atom stereocenters. The second-order valence-corrected chi connectivity index (χ2v) is 11.2. The minimum Gasteiger partial charge on any atom is -0.459 e. The summed E-state index contributed by atoms with van der Waals surface area (Å²) < 4.78 is 35.6. The highest BCUT2D eigenvalue weighted by Gasteiger charge is 2.34. The summed E-state index contributed by atoms with van der Waals surface area (Å²) in [6, 6.07) is 26.2. The van der Waals surface area contributed by atoms with Crippen LogP contribution in [0.5, 0.6) is 0 Å². The molecule has 6 rings (SSSR count). The monoisotopic (exact) mass is 536 g/mol. The zero-order valence-electron chi connectivity index (χ0n) is 21.2. The number of hydrogen-bond acceptors (Lipinski definition) is 6. The van der Waals surface area contributed by atoms with Gasteiger partial charge >= 0.3 is 0 Å². The molecule has 0 saturated carbocycles. The van der Waals surface area contributed by atoms with Crippen LogP contribution in [0.1, 0.15) is 34.6 Å². The molecule has 3 aromatic carbocycles. The Kier molecular flexibility index (Phi) is 6.00. The van der Waals surface area contributed by atoms with Crippen molar-refractivity contribution in [3.63, 3.8) is 0 Å². The van der Waals surface area contributed by atoms with E-state index in [2.05, 4.69) is 5.32 Å². The fraction of sp³-hybridized carbons (Fsp3) is 0.100. The molecule has 39 heavy (non-hydrogen) atoms. The minimum absolute atomic E-state index is 0.0453. The molecule has 0 aliphatic heterocycles. The molecule has 0 saturated heterocycles. The van der Waals surface area contributed by atoms with Crippen LogP contribution < -0.4 is 5.32 Å². The third-order valence-corrected chi connectivity index (χ3v) is 8.51. The first-order valence-electron chi connectivity index (χ1n) is 12.4. The maximum absolute atomic E-state index is 14.3. The Bertz CT molecular complexity index is 1930. The van der Waals surface area contributed by atoms with Gasteiger partial charge in [0, 0.05) is 0 Å². The Morgan fingerprint density at radius 1 is 0.872 bits per heavy atom. The van der Waals surface area contributed by atoms with Gasteiger partial charge in [-0.15, -0.1) is 0 Å². The topological polar surface area (TPSA) is 107 Å². The van der Waals surface area contributed by atoms with E-state index >= 15 is 0 Å². The van der Waals surface area contributed by atoms with Gasteiger partial charge in [0.1, 0.15) is 16.2 Å². The average Bonchev–Trinajstić information content (AvgIpc) is 3.59. The van der Waals surface area contributed by atoms with Crippen molar-refractivity contribution in [2.45, 2.75) is 29.7 Å². The quantitative estimate of drug-likeness (QED) is 0.272. The molecule has 1 amide bonds. The molecule has 1 N–H and O–H groups in total. The number of aryl methyl sites for hydroxylation is 1. The highest BCUT2D eigenvalue weighted by atomic mass is 32.2. The van der Waals surface area contributed by atoms with E-state index in [4.69, 9.17) is 14.4 Å². The van der Waals surface area contributed by atoms with Crippen molar-refractivity contribution in [2.24, 2.45) is 0 Å². The molecular formula is C30H24N4O4S. The molecule has 0 fully saturated rings. The van der Waals surface area contributed by atoms with Crippen molar-refractivity contribution in [3.05, 3.63) is 114 Å². The van der Waals surface area contributed by atoms with Gasteiger partial charge in [0.05, 0.1) is 28.2 Å². The molecule has 0 aliphatic carbocycles. The van der Waals surface area contributed by atoms with Gasteiger partial charge in [0.15, 0.2) is 11.4 Å². The van der Waals surface area contributed by atoms with Crippen LogP contribution in [-0.4, -0.2) is 28.9 Å². The molecule has 3 heterocycles. The molecule has 0 unspecified atom stereocenters. The van der Waals surface area contributed by atoms with E-state index < -0.39 is 21.8 Å². The van der Waals surface area contributed by atoms with Gasteiger partial charge in [-0.1, -0.05) is 60.2 Å². The van der Waals surface area contributed by atoms with Crippen LogP contribution in [0.4, 0.5) is 5.82 Å². The van der Waals surface area contributed by atoms with Gasteiger partial charge in [-0.25, -0.2) is 18.4 Å². The summed E-state index contributed by atoms with van der Waals surface area (Å²) in [5, 5.41) is 2.83. The first-order chi connectivity index (χ1) is 18.8. The number of anilines is 1. The van der Waals surface area contributed by atoms with E-state index in [-0.39, 0.29) is 26.9 Å². The number of nitrogens with zero attached hydrogens (tertiary/aromatic N) is 3. The van der Waals surface area contributed by atoms with E-state index in [1.807, 2.05) is 62.4 Å². The van der Waals surface area contributed by atoms with Crippen molar-refractivity contribution in [1.29, 1.82) is 0 Å². The van der Waals surface area contributed by atoms with Crippen LogP contribution in [0.2, 0.25) is 0 Å². The first-order valence-corrected chi connectivity index (χ1v) is 13.8. The van der Waals surface area contributed by atoms with Gasteiger partial charge in [-0.05, 0) is 55.8 Å². The number of carbonyl (C=O) groups excluding carboxylic acids is 1. The van der Waals surface area contributed by atoms with Gasteiger partial charge in [-0.3, -0.25) is 4.79 Å². The third kappa shape index (κ3) is 4.26. The van der Waals surface area contributed by atoms with Crippen molar-refractivity contribution in [2.75, 3.05) is 5.32 Å². The number of furan rings is 1. The molecule has 3 aromatic heterocycles. The predicted molar refractivity (Wildman–Crippen MR) is 149 cm³/mol. The van der Waals surface area contributed by atoms with Crippen molar-refractivity contribution < 1.29 is 17.6 Å². The van der Waals surface area contributed by atoms with Crippen LogP contribution >= 0.6 is 0 Å². The molecule has 8 nitrogen and oxygen atoms in total. The molecule has 0 aliphatic rings. The fourth-order valence-corrected chi connectivity index (χ4v) is 6.21. The van der Waals surface area contributed by atoms with E-state index in [0.717, 1.165) is 11.1 Å². The smallest absolute Gasteiger partial charge is 0.292 e. The summed E-state index contributed by atoms with van der Waals surface area (Å²) in [5.41, 5.74) is 3.48. The number of aromatic nitrogens is 3. The van der Waals surface area contributed by atoms with Crippen LogP contribution in [0.25, 0.3) is 22.2 Å². The number of rotatable bonds is 6. The van der Waals surface area contributed by atoms with E-state index in [0.29, 0.717) is 16.7 Å². The summed E-state index contributed by atoms with van der Waals surface area (Å²) >= 11 is 0. The fourth-order valence-electron chi connectivity index (χ4n) is 4.68. The number of benzene rings is 3. The van der Waals surface area contributed by atoms with E-state index in [1.54, 1.807) is 41.0 Å². The number of carbonyl (C=O) groups is 1. The molecule has 0 bridgehead atoms. The van der Waals surface area contributed by atoms with Gasteiger partial charge < -0.3 is 14.3 Å². The lowest BCUT2D eigenvalue weighted by molar-refractivity contribution is 0.0995.